The number of nitrogens with one attached hydrogen (secondary N) is 2. The number of hydrogen-bond acceptors (Lipinski definition) is 3. The predicted molar refractivity (Wildman–Crippen MR) is 77.2 cm³/mol. The first-order chi connectivity index (χ1) is 8.90. The third-order valence-electron chi connectivity index (χ3n) is 2.53. The zero-order valence-electron chi connectivity index (χ0n) is 12.2. The van der Waals surface area contributed by atoms with Crippen LogP contribution in [0.5, 0.6) is 5.75 Å². The lowest BCUT2D eigenvalue weighted by atomic mass is 10.1. The first kappa shape index (κ1) is 15.5. The number of methoxy groups -OCH3 is 1. The number of carbonyl (C=O) groups excluding carboxylic acids is 1. The van der Waals surface area contributed by atoms with Crippen LogP contribution in [0.1, 0.15) is 32.8 Å². The molecule has 1 aromatic rings. The van der Waals surface area contributed by atoms with E-state index in [1.807, 2.05) is 45.0 Å². The van der Waals surface area contributed by atoms with Crippen molar-refractivity contribution in [3.63, 3.8) is 0 Å². The van der Waals surface area contributed by atoms with Crippen LogP contribution in [0.3, 0.4) is 0 Å². The molecule has 0 unspecified atom stereocenters. The molecule has 0 aromatic heterocycles. The van der Waals surface area contributed by atoms with Gasteiger partial charge < -0.3 is 15.4 Å². The summed E-state index contributed by atoms with van der Waals surface area (Å²) >= 11 is 0. The van der Waals surface area contributed by atoms with Crippen LogP contribution in [0.15, 0.2) is 24.3 Å². The van der Waals surface area contributed by atoms with E-state index in [1.165, 1.54) is 5.56 Å². The average molecular weight is 264 g/mol. The molecule has 19 heavy (non-hydrogen) atoms. The highest BCUT2D eigenvalue weighted by molar-refractivity contribution is 5.76. The SMILES string of the molecule is COc1ccc(CNCCC(=O)NC(C)(C)C)cc1. The second-order valence-electron chi connectivity index (χ2n) is 5.57. The molecule has 2 N–H and O–H groups in total. The van der Waals surface area contributed by atoms with E-state index in [-0.39, 0.29) is 11.4 Å². The molecule has 0 aliphatic carbocycles. The van der Waals surface area contributed by atoms with Crippen LogP contribution < -0.4 is 15.4 Å². The van der Waals surface area contributed by atoms with Gasteiger partial charge in [0.2, 0.25) is 5.91 Å². The molecule has 0 aliphatic heterocycles. The second kappa shape index (κ2) is 7.14. The van der Waals surface area contributed by atoms with E-state index in [4.69, 9.17) is 4.74 Å². The highest BCUT2D eigenvalue weighted by atomic mass is 16.5. The molecule has 4 nitrogen and oxygen atoms in total. The second-order valence-corrected chi connectivity index (χ2v) is 5.57. The number of benzene rings is 1. The van der Waals surface area contributed by atoms with E-state index in [1.54, 1.807) is 7.11 Å². The third-order valence-corrected chi connectivity index (χ3v) is 2.53. The first-order valence-corrected chi connectivity index (χ1v) is 6.55. The highest BCUT2D eigenvalue weighted by Crippen LogP contribution is 2.10. The van der Waals surface area contributed by atoms with Crippen molar-refractivity contribution in [1.82, 2.24) is 10.6 Å². The summed E-state index contributed by atoms with van der Waals surface area (Å²) in [6, 6.07) is 7.90. The molecule has 0 heterocycles. The largest absolute Gasteiger partial charge is 0.497 e. The summed E-state index contributed by atoms with van der Waals surface area (Å²) in [6.45, 7) is 7.38. The van der Waals surface area contributed by atoms with Crippen molar-refractivity contribution in [2.75, 3.05) is 13.7 Å². The molecule has 0 bridgehead atoms. The van der Waals surface area contributed by atoms with Gasteiger partial charge in [0.05, 0.1) is 7.11 Å². The van der Waals surface area contributed by atoms with E-state index in [0.29, 0.717) is 13.0 Å². The van der Waals surface area contributed by atoms with Gasteiger partial charge in [-0.1, -0.05) is 12.1 Å². The van der Waals surface area contributed by atoms with Gasteiger partial charge in [0.15, 0.2) is 0 Å². The van der Waals surface area contributed by atoms with Gasteiger partial charge in [0, 0.05) is 25.0 Å². The number of carbonyl (C=O) groups is 1. The van der Waals surface area contributed by atoms with E-state index in [9.17, 15) is 4.79 Å². The van der Waals surface area contributed by atoms with Crippen molar-refractivity contribution in [3.8, 4) is 5.75 Å². The molecule has 0 aliphatic rings. The van der Waals surface area contributed by atoms with Crippen molar-refractivity contribution < 1.29 is 9.53 Å². The van der Waals surface area contributed by atoms with Crippen LogP contribution in [0.2, 0.25) is 0 Å². The van der Waals surface area contributed by atoms with Crippen LogP contribution in [0.4, 0.5) is 0 Å². The Balaban J connectivity index is 2.21. The first-order valence-electron chi connectivity index (χ1n) is 6.55. The normalized spacial score (nSPS) is 11.2. The molecule has 0 saturated heterocycles. The zero-order chi connectivity index (χ0) is 14.3. The molecule has 0 fully saturated rings. The van der Waals surface area contributed by atoms with E-state index in [0.717, 1.165) is 12.3 Å². The van der Waals surface area contributed by atoms with Gasteiger partial charge >= 0.3 is 0 Å². The molecule has 0 saturated carbocycles. The van der Waals surface area contributed by atoms with Crippen LogP contribution in [-0.2, 0) is 11.3 Å². The molecular formula is C15H24N2O2. The van der Waals surface area contributed by atoms with Crippen LogP contribution in [0.25, 0.3) is 0 Å². The van der Waals surface area contributed by atoms with Gasteiger partial charge in [-0.15, -0.1) is 0 Å². The topological polar surface area (TPSA) is 50.4 Å². The van der Waals surface area contributed by atoms with Crippen LogP contribution in [-0.4, -0.2) is 25.1 Å². The van der Waals surface area contributed by atoms with Gasteiger partial charge in [-0.3, -0.25) is 4.79 Å². The Morgan fingerprint density at radius 2 is 1.84 bits per heavy atom. The predicted octanol–water partition coefficient (Wildman–Crippen LogP) is 2.09. The molecule has 1 rings (SSSR count). The molecule has 0 atom stereocenters. The summed E-state index contributed by atoms with van der Waals surface area (Å²) in [5.74, 6) is 0.933. The summed E-state index contributed by atoms with van der Waals surface area (Å²) < 4.78 is 5.10. The number of hydrogen-bond donors (Lipinski definition) is 2. The van der Waals surface area contributed by atoms with Crippen molar-refractivity contribution in [2.45, 2.75) is 39.3 Å². The van der Waals surface area contributed by atoms with Crippen molar-refractivity contribution in [3.05, 3.63) is 29.8 Å². The number of rotatable bonds is 6. The molecule has 0 spiro atoms. The minimum atomic E-state index is -0.160. The lowest BCUT2D eigenvalue weighted by Gasteiger charge is -2.20. The fraction of sp³-hybridized carbons (Fsp3) is 0.533. The van der Waals surface area contributed by atoms with Gasteiger partial charge in [-0.2, -0.15) is 0 Å². The fourth-order valence-electron chi connectivity index (χ4n) is 1.66. The van der Waals surface area contributed by atoms with E-state index < -0.39 is 0 Å². The minimum Gasteiger partial charge on any atom is -0.497 e. The lowest BCUT2D eigenvalue weighted by Crippen LogP contribution is -2.41. The Labute approximate surface area is 115 Å². The monoisotopic (exact) mass is 264 g/mol. The summed E-state index contributed by atoms with van der Waals surface area (Å²) in [5, 5.41) is 6.19. The summed E-state index contributed by atoms with van der Waals surface area (Å²) in [7, 11) is 1.65. The minimum absolute atomic E-state index is 0.0785. The van der Waals surface area contributed by atoms with E-state index in [2.05, 4.69) is 10.6 Å². The van der Waals surface area contributed by atoms with Crippen LogP contribution >= 0.6 is 0 Å². The van der Waals surface area contributed by atoms with Crippen molar-refractivity contribution in [2.24, 2.45) is 0 Å². The molecule has 106 valence electrons. The van der Waals surface area contributed by atoms with Crippen molar-refractivity contribution in [1.29, 1.82) is 0 Å². The summed E-state index contributed by atoms with van der Waals surface area (Å²) in [6.07, 6.45) is 0.493. The maximum Gasteiger partial charge on any atom is 0.221 e. The zero-order valence-corrected chi connectivity index (χ0v) is 12.2. The number of amides is 1. The standard InChI is InChI=1S/C15H24N2O2/c1-15(2,3)17-14(18)9-10-16-11-12-5-7-13(19-4)8-6-12/h5-8,16H,9-11H2,1-4H3,(H,17,18). The summed E-state index contributed by atoms with van der Waals surface area (Å²) in [5.41, 5.74) is 1.02. The highest BCUT2D eigenvalue weighted by Gasteiger charge is 2.12. The van der Waals surface area contributed by atoms with Gasteiger partial charge in [0.1, 0.15) is 5.75 Å². The average Bonchev–Trinajstić information content (AvgIpc) is 2.33. The molecule has 0 radical (unpaired) electrons. The number of ether oxygens (including phenoxy) is 1. The molecule has 1 aromatic carbocycles. The van der Waals surface area contributed by atoms with Crippen LogP contribution in [0, 0.1) is 0 Å². The lowest BCUT2D eigenvalue weighted by molar-refractivity contribution is -0.122. The van der Waals surface area contributed by atoms with Gasteiger partial charge in [-0.05, 0) is 38.5 Å². The quantitative estimate of drug-likeness (QED) is 0.774. The van der Waals surface area contributed by atoms with Gasteiger partial charge in [0.25, 0.3) is 0 Å². The Morgan fingerprint density at radius 3 is 2.37 bits per heavy atom. The molecule has 1 amide bonds. The Morgan fingerprint density at radius 1 is 1.21 bits per heavy atom. The van der Waals surface area contributed by atoms with E-state index >= 15 is 0 Å². The summed E-state index contributed by atoms with van der Waals surface area (Å²) in [4.78, 5) is 11.6. The maximum atomic E-state index is 11.6. The molecular weight excluding hydrogens is 240 g/mol. The fourth-order valence-corrected chi connectivity index (χ4v) is 1.66. The third kappa shape index (κ3) is 6.82. The smallest absolute Gasteiger partial charge is 0.221 e. The van der Waals surface area contributed by atoms with Crippen molar-refractivity contribution >= 4 is 5.91 Å². The Hall–Kier alpha value is -1.55. The Kier molecular flexibility index (Phi) is 5.83. The maximum absolute atomic E-state index is 11.6. The Bertz CT molecular complexity index is 394. The molecule has 4 heteroatoms. The van der Waals surface area contributed by atoms with Gasteiger partial charge in [-0.25, -0.2) is 0 Å².